The second kappa shape index (κ2) is 8.30. The molecule has 2 N–H and O–H groups in total. The predicted octanol–water partition coefficient (Wildman–Crippen LogP) is 1.54. The lowest BCUT2D eigenvalue weighted by molar-refractivity contribution is -0.276. The third kappa shape index (κ3) is 4.33. The molecule has 0 spiro atoms. The third-order valence-electron chi connectivity index (χ3n) is 4.28. The number of aliphatic hydroxyl groups excluding tert-OH is 2. The quantitative estimate of drug-likeness (QED) is 0.785. The van der Waals surface area contributed by atoms with Gasteiger partial charge in [-0.3, -0.25) is 0 Å². The van der Waals surface area contributed by atoms with Gasteiger partial charge in [0.1, 0.15) is 6.10 Å². The summed E-state index contributed by atoms with van der Waals surface area (Å²) in [5, 5.41) is 20.6. The fraction of sp³-hybridized carbons (Fsp3) is 0.300. The molecule has 0 aliphatic carbocycles. The fourth-order valence-electron chi connectivity index (χ4n) is 2.80. The van der Waals surface area contributed by atoms with E-state index >= 15 is 0 Å². The number of carbonyl (C=O) groups excluding carboxylic acids is 2. The molecule has 1 aliphatic heterocycles. The molecule has 5 atom stereocenters. The van der Waals surface area contributed by atoms with Crippen LogP contribution in [0.3, 0.4) is 0 Å². The van der Waals surface area contributed by atoms with E-state index in [-0.39, 0.29) is 11.1 Å². The van der Waals surface area contributed by atoms with Crippen LogP contribution in [0.5, 0.6) is 0 Å². The average molecular weight is 372 g/mol. The van der Waals surface area contributed by atoms with E-state index in [1.54, 1.807) is 60.7 Å². The predicted molar refractivity (Wildman–Crippen MR) is 93.9 cm³/mol. The van der Waals surface area contributed by atoms with E-state index in [1.807, 2.05) is 0 Å². The molecule has 0 saturated carbocycles. The summed E-state index contributed by atoms with van der Waals surface area (Å²) >= 11 is 0. The first-order valence-electron chi connectivity index (χ1n) is 8.51. The van der Waals surface area contributed by atoms with E-state index in [0.717, 1.165) is 0 Å². The first-order valence-corrected chi connectivity index (χ1v) is 8.51. The van der Waals surface area contributed by atoms with E-state index in [9.17, 15) is 19.8 Å². The maximum absolute atomic E-state index is 12.4. The van der Waals surface area contributed by atoms with Crippen molar-refractivity contribution in [1.29, 1.82) is 0 Å². The first kappa shape index (κ1) is 19.0. The van der Waals surface area contributed by atoms with E-state index in [4.69, 9.17) is 14.2 Å². The molecular weight excluding hydrogens is 352 g/mol. The molecule has 3 rings (SSSR count). The molecular formula is C20H20O7. The molecule has 0 aromatic heterocycles. The molecule has 0 unspecified atom stereocenters. The summed E-state index contributed by atoms with van der Waals surface area (Å²) in [7, 11) is 0. The zero-order valence-corrected chi connectivity index (χ0v) is 14.6. The van der Waals surface area contributed by atoms with Crippen LogP contribution in [0.2, 0.25) is 0 Å². The number of ether oxygens (including phenoxy) is 3. The SMILES string of the molecule is C[C@H]1O[C@@H](O)[C@H](OC(=O)c2ccccc2)[C@@H](OC(=O)c2ccccc2)[C@H]1O. The Hall–Kier alpha value is -2.74. The lowest BCUT2D eigenvalue weighted by atomic mass is 9.99. The van der Waals surface area contributed by atoms with Crippen molar-refractivity contribution in [2.45, 2.75) is 37.6 Å². The summed E-state index contributed by atoms with van der Waals surface area (Å²) in [6.07, 6.45) is -6.32. The van der Waals surface area contributed by atoms with Crippen molar-refractivity contribution in [2.24, 2.45) is 0 Å². The monoisotopic (exact) mass is 372 g/mol. The minimum absolute atomic E-state index is 0.256. The van der Waals surface area contributed by atoms with Crippen LogP contribution >= 0.6 is 0 Å². The van der Waals surface area contributed by atoms with Gasteiger partial charge in [0.15, 0.2) is 18.5 Å². The highest BCUT2D eigenvalue weighted by Crippen LogP contribution is 2.26. The third-order valence-corrected chi connectivity index (χ3v) is 4.28. The van der Waals surface area contributed by atoms with Crippen molar-refractivity contribution in [1.82, 2.24) is 0 Å². The number of rotatable bonds is 4. The average Bonchev–Trinajstić information content (AvgIpc) is 2.69. The van der Waals surface area contributed by atoms with Gasteiger partial charge in [0, 0.05) is 0 Å². The van der Waals surface area contributed by atoms with Crippen LogP contribution < -0.4 is 0 Å². The Kier molecular flexibility index (Phi) is 5.85. The van der Waals surface area contributed by atoms with Crippen LogP contribution in [0, 0.1) is 0 Å². The maximum atomic E-state index is 12.4. The van der Waals surface area contributed by atoms with Crippen molar-refractivity contribution < 1.29 is 34.0 Å². The van der Waals surface area contributed by atoms with Gasteiger partial charge in [0.05, 0.1) is 17.2 Å². The zero-order valence-electron chi connectivity index (χ0n) is 14.6. The van der Waals surface area contributed by atoms with Crippen molar-refractivity contribution in [3.8, 4) is 0 Å². The summed E-state index contributed by atoms with van der Waals surface area (Å²) in [6, 6.07) is 16.3. The molecule has 1 aliphatic rings. The number of hydrogen-bond acceptors (Lipinski definition) is 7. The molecule has 7 heteroatoms. The largest absolute Gasteiger partial charge is 0.452 e. The molecule has 0 amide bonds. The zero-order chi connectivity index (χ0) is 19.4. The van der Waals surface area contributed by atoms with Gasteiger partial charge in [-0.05, 0) is 31.2 Å². The van der Waals surface area contributed by atoms with E-state index in [2.05, 4.69) is 0 Å². The molecule has 7 nitrogen and oxygen atoms in total. The lowest BCUT2D eigenvalue weighted by Crippen LogP contribution is -2.59. The van der Waals surface area contributed by atoms with E-state index in [1.165, 1.54) is 6.92 Å². The maximum Gasteiger partial charge on any atom is 0.338 e. The van der Waals surface area contributed by atoms with Gasteiger partial charge in [-0.15, -0.1) is 0 Å². The van der Waals surface area contributed by atoms with Gasteiger partial charge in [0.25, 0.3) is 0 Å². The number of benzene rings is 2. The topological polar surface area (TPSA) is 102 Å². The van der Waals surface area contributed by atoms with Crippen molar-refractivity contribution in [3.63, 3.8) is 0 Å². The number of aliphatic hydroxyl groups is 2. The first-order chi connectivity index (χ1) is 13.0. The van der Waals surface area contributed by atoms with Crippen LogP contribution in [-0.2, 0) is 14.2 Å². The molecule has 2 aromatic rings. The Balaban J connectivity index is 1.80. The highest BCUT2D eigenvalue weighted by Gasteiger charge is 2.48. The van der Waals surface area contributed by atoms with Gasteiger partial charge in [-0.2, -0.15) is 0 Å². The van der Waals surface area contributed by atoms with Crippen LogP contribution in [0.1, 0.15) is 27.6 Å². The lowest BCUT2D eigenvalue weighted by Gasteiger charge is -2.40. The Labute approximate surface area is 156 Å². The Morgan fingerprint density at radius 2 is 1.26 bits per heavy atom. The Morgan fingerprint density at radius 3 is 1.74 bits per heavy atom. The van der Waals surface area contributed by atoms with Crippen LogP contribution in [-0.4, -0.2) is 52.9 Å². The normalized spacial score (nSPS) is 27.6. The fourth-order valence-corrected chi connectivity index (χ4v) is 2.80. The van der Waals surface area contributed by atoms with Gasteiger partial charge >= 0.3 is 11.9 Å². The van der Waals surface area contributed by atoms with Gasteiger partial charge in [-0.25, -0.2) is 9.59 Å². The van der Waals surface area contributed by atoms with Gasteiger partial charge < -0.3 is 24.4 Å². The van der Waals surface area contributed by atoms with Gasteiger partial charge in [0.2, 0.25) is 0 Å². The number of hydrogen-bond donors (Lipinski definition) is 2. The minimum atomic E-state index is -1.55. The standard InChI is InChI=1S/C20H20O7/c1-12-15(21)16(26-18(22)13-8-4-2-5-9-13)17(20(24)25-12)27-19(23)14-10-6-3-7-11-14/h2-12,15-17,20-21,24H,1H3/t12-,15+,16+,17-,20-/m1/s1. The Bertz CT molecular complexity index is 777. The molecule has 2 aromatic carbocycles. The van der Waals surface area contributed by atoms with Crippen molar-refractivity contribution >= 4 is 11.9 Å². The number of carbonyl (C=O) groups is 2. The summed E-state index contributed by atoms with van der Waals surface area (Å²) < 4.78 is 15.9. The van der Waals surface area contributed by atoms with Crippen molar-refractivity contribution in [3.05, 3.63) is 71.8 Å². The van der Waals surface area contributed by atoms with Crippen LogP contribution in [0.25, 0.3) is 0 Å². The minimum Gasteiger partial charge on any atom is -0.452 e. The van der Waals surface area contributed by atoms with Crippen molar-refractivity contribution in [2.75, 3.05) is 0 Å². The molecule has 27 heavy (non-hydrogen) atoms. The smallest absolute Gasteiger partial charge is 0.338 e. The highest BCUT2D eigenvalue weighted by molar-refractivity contribution is 5.90. The molecule has 142 valence electrons. The van der Waals surface area contributed by atoms with Crippen LogP contribution in [0.4, 0.5) is 0 Å². The summed E-state index contributed by atoms with van der Waals surface area (Å²) in [5.74, 6) is -1.44. The summed E-state index contributed by atoms with van der Waals surface area (Å²) in [6.45, 7) is 1.52. The number of esters is 2. The van der Waals surface area contributed by atoms with Gasteiger partial charge in [-0.1, -0.05) is 36.4 Å². The summed E-state index contributed by atoms with van der Waals surface area (Å²) in [5.41, 5.74) is 0.525. The molecule has 1 saturated heterocycles. The molecule has 0 bridgehead atoms. The molecule has 1 fully saturated rings. The highest BCUT2D eigenvalue weighted by atomic mass is 16.7. The summed E-state index contributed by atoms with van der Waals surface area (Å²) in [4.78, 5) is 24.7. The van der Waals surface area contributed by atoms with Crippen LogP contribution in [0.15, 0.2) is 60.7 Å². The molecule has 0 radical (unpaired) electrons. The molecule has 1 heterocycles. The Morgan fingerprint density at radius 1 is 0.815 bits per heavy atom. The van der Waals surface area contributed by atoms with E-state index < -0.39 is 42.6 Å². The van der Waals surface area contributed by atoms with E-state index in [0.29, 0.717) is 0 Å². The second-order valence-electron chi connectivity index (χ2n) is 6.19. The second-order valence-corrected chi connectivity index (χ2v) is 6.19.